The largest absolute Gasteiger partial charge is 0.489 e. The first kappa shape index (κ1) is 21.4. The van der Waals surface area contributed by atoms with Crippen LogP contribution in [0.15, 0.2) is 83.8 Å². The number of carbonyl (C=O) groups excluding carboxylic acids is 1. The fourth-order valence-electron chi connectivity index (χ4n) is 2.51. The Morgan fingerprint density at radius 1 is 0.933 bits per heavy atom. The first-order chi connectivity index (χ1) is 14.3. The van der Waals surface area contributed by atoms with E-state index in [-0.39, 0.29) is 15.9 Å². The van der Waals surface area contributed by atoms with Gasteiger partial charge in [-0.15, -0.1) is 0 Å². The van der Waals surface area contributed by atoms with Crippen molar-refractivity contribution in [2.75, 3.05) is 5.32 Å². The number of hydrogen-bond acceptors (Lipinski definition) is 5. The second kappa shape index (κ2) is 9.49. The van der Waals surface area contributed by atoms with Crippen molar-refractivity contribution in [1.82, 2.24) is 5.32 Å². The van der Waals surface area contributed by atoms with Crippen molar-refractivity contribution < 1.29 is 17.9 Å². The van der Waals surface area contributed by atoms with Crippen LogP contribution in [0.4, 0.5) is 5.69 Å². The zero-order chi connectivity index (χ0) is 21.6. The molecule has 154 valence electrons. The van der Waals surface area contributed by atoms with Crippen molar-refractivity contribution in [3.8, 4) is 5.75 Å². The highest BCUT2D eigenvalue weighted by atomic mass is 32.2. The standard InChI is InChI=1S/C21H19N3O4S2/c22-30(26,27)19-12-8-17(9-13-19)23-21(29)24-20(25)16-6-10-18(11-7-16)28-14-15-4-2-1-3-5-15/h1-13H,14H2,(H2,22,26,27)(H2,23,24,25,29). The first-order valence-electron chi connectivity index (χ1n) is 8.83. The van der Waals surface area contributed by atoms with Gasteiger partial charge in [-0.05, 0) is 66.3 Å². The molecule has 9 heteroatoms. The maximum Gasteiger partial charge on any atom is 0.257 e. The number of carbonyl (C=O) groups is 1. The van der Waals surface area contributed by atoms with Crippen molar-refractivity contribution in [2.45, 2.75) is 11.5 Å². The van der Waals surface area contributed by atoms with E-state index in [0.717, 1.165) is 5.56 Å². The van der Waals surface area contributed by atoms with Gasteiger partial charge in [-0.1, -0.05) is 30.3 Å². The predicted molar refractivity (Wildman–Crippen MR) is 119 cm³/mol. The summed E-state index contributed by atoms with van der Waals surface area (Å²) in [6, 6.07) is 22.1. The third kappa shape index (κ3) is 6.11. The molecule has 0 saturated heterocycles. The van der Waals surface area contributed by atoms with E-state index in [1.54, 1.807) is 24.3 Å². The lowest BCUT2D eigenvalue weighted by Gasteiger charge is -2.11. The molecule has 3 aromatic rings. The van der Waals surface area contributed by atoms with E-state index in [2.05, 4.69) is 10.6 Å². The van der Waals surface area contributed by atoms with Crippen LogP contribution < -0.4 is 20.5 Å². The van der Waals surface area contributed by atoms with Crippen molar-refractivity contribution in [1.29, 1.82) is 0 Å². The minimum Gasteiger partial charge on any atom is -0.489 e. The molecule has 0 aromatic heterocycles. The predicted octanol–water partition coefficient (Wildman–Crippen LogP) is 3.04. The van der Waals surface area contributed by atoms with Crippen molar-refractivity contribution in [2.24, 2.45) is 5.14 Å². The van der Waals surface area contributed by atoms with E-state index in [9.17, 15) is 13.2 Å². The number of nitrogens with two attached hydrogens (primary N) is 1. The van der Waals surface area contributed by atoms with Crippen molar-refractivity contribution >= 4 is 38.9 Å². The molecule has 1 amide bonds. The summed E-state index contributed by atoms with van der Waals surface area (Å²) in [4.78, 5) is 12.3. The summed E-state index contributed by atoms with van der Waals surface area (Å²) >= 11 is 5.13. The van der Waals surface area contributed by atoms with Gasteiger partial charge in [0, 0.05) is 11.3 Å². The summed E-state index contributed by atoms with van der Waals surface area (Å²) in [5.74, 6) is 0.259. The van der Waals surface area contributed by atoms with Crippen LogP contribution in [0.2, 0.25) is 0 Å². The van der Waals surface area contributed by atoms with Gasteiger partial charge in [0.1, 0.15) is 12.4 Å². The average Bonchev–Trinajstić information content (AvgIpc) is 2.73. The van der Waals surface area contributed by atoms with E-state index >= 15 is 0 Å². The third-order valence-corrected chi connectivity index (χ3v) is 5.17. The van der Waals surface area contributed by atoms with Crippen molar-refractivity contribution in [3.63, 3.8) is 0 Å². The molecular weight excluding hydrogens is 422 g/mol. The molecule has 0 heterocycles. The van der Waals surface area contributed by atoms with Gasteiger partial charge < -0.3 is 10.1 Å². The van der Waals surface area contributed by atoms with Gasteiger partial charge in [-0.2, -0.15) is 0 Å². The van der Waals surface area contributed by atoms with E-state index in [1.165, 1.54) is 24.3 Å². The molecule has 0 unspecified atom stereocenters. The third-order valence-electron chi connectivity index (χ3n) is 4.03. The lowest BCUT2D eigenvalue weighted by Crippen LogP contribution is -2.34. The number of ether oxygens (including phenoxy) is 1. The summed E-state index contributed by atoms with van der Waals surface area (Å²) in [6.07, 6.45) is 0. The van der Waals surface area contributed by atoms with Crippen LogP contribution in [0.3, 0.4) is 0 Å². The molecule has 0 bridgehead atoms. The van der Waals surface area contributed by atoms with Gasteiger partial charge in [-0.3, -0.25) is 10.1 Å². The van der Waals surface area contributed by atoms with Crippen LogP contribution in [-0.2, 0) is 16.6 Å². The van der Waals surface area contributed by atoms with E-state index < -0.39 is 10.0 Å². The summed E-state index contributed by atoms with van der Waals surface area (Å²) in [5.41, 5.74) is 1.97. The van der Waals surface area contributed by atoms with Crippen LogP contribution >= 0.6 is 12.2 Å². The second-order valence-corrected chi connectivity index (χ2v) is 8.25. The Bertz CT molecular complexity index is 1130. The Morgan fingerprint density at radius 2 is 1.57 bits per heavy atom. The highest BCUT2D eigenvalue weighted by Gasteiger charge is 2.10. The summed E-state index contributed by atoms with van der Waals surface area (Å²) in [7, 11) is -3.77. The minimum absolute atomic E-state index is 0.0161. The number of thiocarbonyl (C=S) groups is 1. The summed E-state index contributed by atoms with van der Waals surface area (Å²) in [5, 5.41) is 10.5. The number of rotatable bonds is 6. The number of nitrogens with one attached hydrogen (secondary N) is 2. The number of primary sulfonamides is 1. The number of amides is 1. The Morgan fingerprint density at radius 3 is 2.17 bits per heavy atom. The lowest BCUT2D eigenvalue weighted by atomic mass is 10.2. The normalized spacial score (nSPS) is 10.8. The van der Waals surface area contributed by atoms with Crippen LogP contribution in [0, 0.1) is 0 Å². The van der Waals surface area contributed by atoms with E-state index in [4.69, 9.17) is 22.1 Å². The molecule has 0 radical (unpaired) electrons. The zero-order valence-corrected chi connectivity index (χ0v) is 17.4. The molecule has 7 nitrogen and oxygen atoms in total. The lowest BCUT2D eigenvalue weighted by molar-refractivity contribution is 0.0977. The number of hydrogen-bond donors (Lipinski definition) is 3. The highest BCUT2D eigenvalue weighted by Crippen LogP contribution is 2.15. The minimum atomic E-state index is -3.77. The molecule has 0 aliphatic heterocycles. The average molecular weight is 442 g/mol. The zero-order valence-electron chi connectivity index (χ0n) is 15.7. The fraction of sp³-hybridized carbons (Fsp3) is 0.0476. The molecule has 3 rings (SSSR count). The Labute approximate surface area is 179 Å². The first-order valence-corrected chi connectivity index (χ1v) is 10.8. The van der Waals surface area contributed by atoms with Crippen molar-refractivity contribution in [3.05, 3.63) is 90.0 Å². The smallest absolute Gasteiger partial charge is 0.257 e. The second-order valence-electron chi connectivity index (χ2n) is 6.28. The molecule has 0 atom stereocenters. The maximum absolute atomic E-state index is 12.3. The van der Waals surface area contributed by atoms with Crippen LogP contribution in [0.1, 0.15) is 15.9 Å². The monoisotopic (exact) mass is 441 g/mol. The molecule has 0 fully saturated rings. The van der Waals surface area contributed by atoms with Gasteiger partial charge in [0.25, 0.3) is 5.91 Å². The molecular formula is C21H19N3O4S2. The molecule has 30 heavy (non-hydrogen) atoms. The maximum atomic E-state index is 12.3. The molecule has 0 aliphatic carbocycles. The van der Waals surface area contributed by atoms with Gasteiger partial charge in [0.2, 0.25) is 10.0 Å². The fourth-order valence-corrected chi connectivity index (χ4v) is 3.24. The van der Waals surface area contributed by atoms with Gasteiger partial charge in [0.15, 0.2) is 5.11 Å². The van der Waals surface area contributed by atoms with Gasteiger partial charge in [0.05, 0.1) is 4.90 Å². The topological polar surface area (TPSA) is 111 Å². The van der Waals surface area contributed by atoms with Gasteiger partial charge in [-0.25, -0.2) is 13.6 Å². The number of sulfonamides is 1. The Hall–Kier alpha value is -3.27. The number of benzene rings is 3. The Kier molecular flexibility index (Phi) is 6.78. The molecule has 0 spiro atoms. The molecule has 4 N–H and O–H groups in total. The van der Waals surface area contributed by atoms with Crippen LogP contribution in [0.25, 0.3) is 0 Å². The highest BCUT2D eigenvalue weighted by molar-refractivity contribution is 7.89. The van der Waals surface area contributed by atoms with E-state index in [1.807, 2.05) is 30.3 Å². The van der Waals surface area contributed by atoms with Crippen LogP contribution in [-0.4, -0.2) is 19.4 Å². The summed E-state index contributed by atoms with van der Waals surface area (Å²) in [6.45, 7) is 0.435. The Balaban J connectivity index is 1.53. The van der Waals surface area contributed by atoms with Gasteiger partial charge >= 0.3 is 0 Å². The summed E-state index contributed by atoms with van der Waals surface area (Å²) < 4.78 is 28.2. The van der Waals surface area contributed by atoms with Crippen LogP contribution in [0.5, 0.6) is 5.75 Å². The van der Waals surface area contributed by atoms with E-state index in [0.29, 0.717) is 23.6 Å². The molecule has 0 aliphatic rings. The number of anilines is 1. The SMILES string of the molecule is NS(=O)(=O)c1ccc(NC(=S)NC(=O)c2ccc(OCc3ccccc3)cc2)cc1. The molecule has 3 aromatic carbocycles. The molecule has 0 saturated carbocycles. The quantitative estimate of drug-likeness (QED) is 0.507.